The lowest BCUT2D eigenvalue weighted by Gasteiger charge is -2.22. The summed E-state index contributed by atoms with van der Waals surface area (Å²) in [5.74, 6) is 1.84. The minimum Gasteiger partial charge on any atom is -0.396 e. The van der Waals surface area contributed by atoms with E-state index in [9.17, 15) is 0 Å². The number of ether oxygens (including phenoxy) is 1. The third-order valence-electron chi connectivity index (χ3n) is 3.55. The number of hydrogen-bond acceptors (Lipinski definition) is 2. The molecule has 14 heavy (non-hydrogen) atoms. The van der Waals surface area contributed by atoms with E-state index in [0.717, 1.165) is 18.9 Å². The van der Waals surface area contributed by atoms with Gasteiger partial charge in [-0.1, -0.05) is 33.6 Å². The maximum Gasteiger partial charge on any atom is 0.0610 e. The van der Waals surface area contributed by atoms with Crippen molar-refractivity contribution >= 4 is 0 Å². The Morgan fingerprint density at radius 1 is 1.36 bits per heavy atom. The number of aliphatic hydroxyl groups is 1. The zero-order valence-corrected chi connectivity index (χ0v) is 9.70. The summed E-state index contributed by atoms with van der Waals surface area (Å²) in [6, 6.07) is 0. The van der Waals surface area contributed by atoms with Gasteiger partial charge in [-0.15, -0.1) is 0 Å². The lowest BCUT2D eigenvalue weighted by molar-refractivity contribution is 0.0603. The molecule has 1 aliphatic heterocycles. The highest BCUT2D eigenvalue weighted by atomic mass is 16.5. The van der Waals surface area contributed by atoms with Crippen LogP contribution in [0.4, 0.5) is 0 Å². The van der Waals surface area contributed by atoms with Crippen LogP contribution in [0, 0.1) is 17.8 Å². The van der Waals surface area contributed by atoms with Gasteiger partial charge in [0.15, 0.2) is 0 Å². The van der Waals surface area contributed by atoms with Gasteiger partial charge in [-0.25, -0.2) is 0 Å². The molecule has 0 aliphatic carbocycles. The minimum absolute atomic E-state index is 0.285. The molecular weight excluding hydrogens is 176 g/mol. The van der Waals surface area contributed by atoms with Crippen molar-refractivity contribution in [1.82, 2.24) is 0 Å². The fourth-order valence-electron chi connectivity index (χ4n) is 2.53. The molecule has 1 N–H and O–H groups in total. The van der Waals surface area contributed by atoms with E-state index in [1.165, 1.54) is 12.8 Å². The van der Waals surface area contributed by atoms with Crippen LogP contribution < -0.4 is 0 Å². The normalized spacial score (nSPS) is 34.7. The predicted octanol–water partition coefficient (Wildman–Crippen LogP) is 2.46. The van der Waals surface area contributed by atoms with E-state index in [1.54, 1.807) is 0 Å². The van der Waals surface area contributed by atoms with Gasteiger partial charge in [-0.3, -0.25) is 0 Å². The molecule has 1 aliphatic rings. The zero-order chi connectivity index (χ0) is 10.6. The Bertz CT molecular complexity index is 158. The third-order valence-corrected chi connectivity index (χ3v) is 3.55. The minimum atomic E-state index is 0.285. The highest BCUT2D eigenvalue weighted by Crippen LogP contribution is 2.34. The van der Waals surface area contributed by atoms with E-state index < -0.39 is 0 Å². The van der Waals surface area contributed by atoms with Crippen molar-refractivity contribution in [1.29, 1.82) is 0 Å². The largest absolute Gasteiger partial charge is 0.396 e. The van der Waals surface area contributed by atoms with Crippen LogP contribution in [0.1, 0.15) is 40.0 Å². The number of aliphatic hydroxyl groups excluding tert-OH is 1. The lowest BCUT2D eigenvalue weighted by Crippen LogP contribution is -2.23. The van der Waals surface area contributed by atoms with Crippen LogP contribution in [0.2, 0.25) is 0 Å². The molecule has 0 saturated carbocycles. The summed E-state index contributed by atoms with van der Waals surface area (Å²) < 4.78 is 5.82. The van der Waals surface area contributed by atoms with E-state index in [1.807, 2.05) is 0 Å². The Labute approximate surface area is 87.7 Å². The summed E-state index contributed by atoms with van der Waals surface area (Å²) in [5, 5.41) is 9.02. The second-order valence-electron chi connectivity index (χ2n) is 4.64. The van der Waals surface area contributed by atoms with Gasteiger partial charge in [-0.05, 0) is 24.2 Å². The molecule has 0 amide bonds. The molecule has 0 radical (unpaired) electrons. The Balaban J connectivity index is 2.45. The summed E-state index contributed by atoms with van der Waals surface area (Å²) in [5.41, 5.74) is 0. The van der Waals surface area contributed by atoms with Crippen LogP contribution in [0.3, 0.4) is 0 Å². The molecule has 0 spiro atoms. The molecule has 1 saturated heterocycles. The van der Waals surface area contributed by atoms with Crippen LogP contribution in [-0.4, -0.2) is 24.4 Å². The zero-order valence-electron chi connectivity index (χ0n) is 9.70. The SMILES string of the molecule is CCC1COC(CC(C)CO)C1CC. The Hall–Kier alpha value is -0.0800. The van der Waals surface area contributed by atoms with Crippen molar-refractivity contribution in [3.63, 3.8) is 0 Å². The van der Waals surface area contributed by atoms with Gasteiger partial charge >= 0.3 is 0 Å². The highest BCUT2D eigenvalue weighted by molar-refractivity contribution is 4.83. The van der Waals surface area contributed by atoms with Crippen molar-refractivity contribution in [2.45, 2.75) is 46.1 Å². The van der Waals surface area contributed by atoms with Gasteiger partial charge in [0.2, 0.25) is 0 Å². The van der Waals surface area contributed by atoms with E-state index >= 15 is 0 Å². The average Bonchev–Trinajstić information content (AvgIpc) is 2.59. The maximum absolute atomic E-state index is 9.02. The lowest BCUT2D eigenvalue weighted by atomic mass is 9.84. The standard InChI is InChI=1S/C12H24O2/c1-4-10-8-14-12(11(10)5-2)6-9(3)7-13/h9-13H,4-8H2,1-3H3. The summed E-state index contributed by atoms with van der Waals surface area (Å²) in [6.07, 6.45) is 3.85. The van der Waals surface area contributed by atoms with Crippen molar-refractivity contribution in [3.05, 3.63) is 0 Å². The fourth-order valence-corrected chi connectivity index (χ4v) is 2.53. The Kier molecular flexibility index (Phi) is 4.90. The Morgan fingerprint density at radius 3 is 2.57 bits per heavy atom. The van der Waals surface area contributed by atoms with Gasteiger partial charge in [0.05, 0.1) is 12.7 Å². The second kappa shape index (κ2) is 5.72. The smallest absolute Gasteiger partial charge is 0.0610 e. The summed E-state index contributed by atoms with van der Waals surface area (Å²) >= 11 is 0. The first-order chi connectivity index (χ1) is 6.72. The van der Waals surface area contributed by atoms with Crippen LogP contribution >= 0.6 is 0 Å². The van der Waals surface area contributed by atoms with E-state index in [4.69, 9.17) is 9.84 Å². The van der Waals surface area contributed by atoms with Crippen LogP contribution in [0.25, 0.3) is 0 Å². The predicted molar refractivity (Wildman–Crippen MR) is 58.2 cm³/mol. The highest BCUT2D eigenvalue weighted by Gasteiger charge is 2.35. The van der Waals surface area contributed by atoms with Crippen molar-refractivity contribution < 1.29 is 9.84 Å². The van der Waals surface area contributed by atoms with Crippen LogP contribution in [0.5, 0.6) is 0 Å². The quantitative estimate of drug-likeness (QED) is 0.738. The van der Waals surface area contributed by atoms with E-state index in [0.29, 0.717) is 17.9 Å². The molecule has 4 unspecified atom stereocenters. The molecule has 0 bridgehead atoms. The van der Waals surface area contributed by atoms with E-state index in [-0.39, 0.29) is 6.61 Å². The summed E-state index contributed by atoms with van der Waals surface area (Å²) in [6.45, 7) is 7.80. The fraction of sp³-hybridized carbons (Fsp3) is 1.00. The molecule has 1 rings (SSSR count). The van der Waals surface area contributed by atoms with Gasteiger partial charge in [0.1, 0.15) is 0 Å². The monoisotopic (exact) mass is 200 g/mol. The van der Waals surface area contributed by atoms with E-state index in [2.05, 4.69) is 20.8 Å². The molecule has 2 nitrogen and oxygen atoms in total. The van der Waals surface area contributed by atoms with Crippen LogP contribution in [0.15, 0.2) is 0 Å². The molecule has 1 fully saturated rings. The molecule has 1 heterocycles. The Morgan fingerprint density at radius 2 is 2.07 bits per heavy atom. The molecule has 4 atom stereocenters. The van der Waals surface area contributed by atoms with Gasteiger partial charge < -0.3 is 9.84 Å². The topological polar surface area (TPSA) is 29.5 Å². The first-order valence-electron chi connectivity index (χ1n) is 5.95. The third kappa shape index (κ3) is 2.71. The van der Waals surface area contributed by atoms with Crippen molar-refractivity contribution in [2.24, 2.45) is 17.8 Å². The molecule has 0 aromatic carbocycles. The maximum atomic E-state index is 9.02. The molecular formula is C12H24O2. The first-order valence-corrected chi connectivity index (χ1v) is 5.95. The molecule has 2 heteroatoms. The second-order valence-corrected chi connectivity index (χ2v) is 4.64. The number of hydrogen-bond donors (Lipinski definition) is 1. The van der Waals surface area contributed by atoms with Crippen molar-refractivity contribution in [3.8, 4) is 0 Å². The average molecular weight is 200 g/mol. The number of rotatable bonds is 5. The molecule has 0 aromatic heterocycles. The molecule has 0 aromatic rings. The van der Waals surface area contributed by atoms with Gasteiger partial charge in [-0.2, -0.15) is 0 Å². The van der Waals surface area contributed by atoms with Gasteiger partial charge in [0.25, 0.3) is 0 Å². The first kappa shape index (κ1) is 12.0. The summed E-state index contributed by atoms with van der Waals surface area (Å²) in [4.78, 5) is 0. The summed E-state index contributed by atoms with van der Waals surface area (Å²) in [7, 11) is 0. The van der Waals surface area contributed by atoms with Crippen molar-refractivity contribution in [2.75, 3.05) is 13.2 Å². The molecule has 84 valence electrons. The van der Waals surface area contributed by atoms with Gasteiger partial charge in [0, 0.05) is 6.61 Å². The van der Waals surface area contributed by atoms with Crippen LogP contribution in [-0.2, 0) is 4.74 Å².